The molecule has 1 aromatic heterocycles. The first-order chi connectivity index (χ1) is 11.1. The quantitative estimate of drug-likeness (QED) is 0.814. The van der Waals surface area contributed by atoms with Crippen LogP contribution >= 0.6 is 12.4 Å². The van der Waals surface area contributed by atoms with Gasteiger partial charge in [-0.15, -0.1) is 12.4 Å². The van der Waals surface area contributed by atoms with Crippen LogP contribution in [0.25, 0.3) is 10.9 Å². The number of benzene rings is 1. The van der Waals surface area contributed by atoms with Gasteiger partial charge in [-0.05, 0) is 56.0 Å². The van der Waals surface area contributed by atoms with Crippen molar-refractivity contribution in [3.8, 4) is 0 Å². The zero-order valence-electron chi connectivity index (χ0n) is 14.3. The molecule has 0 bridgehead atoms. The molecule has 1 aliphatic rings. The molecule has 1 aromatic carbocycles. The maximum atomic E-state index is 13.0. The lowest BCUT2D eigenvalue weighted by Gasteiger charge is -2.26. The van der Waals surface area contributed by atoms with E-state index in [0.29, 0.717) is 0 Å². The second kappa shape index (κ2) is 7.95. The van der Waals surface area contributed by atoms with Gasteiger partial charge in [0.2, 0.25) is 5.56 Å². The van der Waals surface area contributed by atoms with Gasteiger partial charge in [0.05, 0.1) is 0 Å². The lowest BCUT2D eigenvalue weighted by Crippen LogP contribution is -2.33. The van der Waals surface area contributed by atoms with Gasteiger partial charge in [-0.3, -0.25) is 9.59 Å². The molecular formula is C19H25ClN2O2. The first kappa shape index (κ1) is 18.7. The zero-order chi connectivity index (χ0) is 16.4. The molecule has 0 saturated heterocycles. The Labute approximate surface area is 148 Å². The van der Waals surface area contributed by atoms with E-state index < -0.39 is 0 Å². The van der Waals surface area contributed by atoms with Gasteiger partial charge in [0, 0.05) is 35.0 Å². The summed E-state index contributed by atoms with van der Waals surface area (Å²) < 4.78 is 0. The summed E-state index contributed by atoms with van der Waals surface area (Å²) >= 11 is 0. The monoisotopic (exact) mass is 348 g/mol. The normalized spacial score (nSPS) is 16.8. The topological polar surface area (TPSA) is 62.0 Å². The predicted octanol–water partition coefficient (Wildman–Crippen LogP) is 3.39. The number of H-pyrrole nitrogens is 1. The van der Waals surface area contributed by atoms with E-state index in [-0.39, 0.29) is 29.7 Å². The SMILES string of the molecule is CCCCNCC1CCc2c(C)cc3[nH]c(=O)ccc3c2C1=O.Cl. The fraction of sp³-hybridized carbons (Fsp3) is 0.474. The molecule has 2 N–H and O–H groups in total. The van der Waals surface area contributed by atoms with E-state index in [9.17, 15) is 9.59 Å². The molecule has 0 amide bonds. The van der Waals surface area contributed by atoms with Gasteiger partial charge in [-0.1, -0.05) is 13.3 Å². The summed E-state index contributed by atoms with van der Waals surface area (Å²) in [5, 5.41) is 4.29. The molecule has 130 valence electrons. The van der Waals surface area contributed by atoms with Crippen LogP contribution in [0.5, 0.6) is 0 Å². The smallest absolute Gasteiger partial charge is 0.248 e. The van der Waals surface area contributed by atoms with Gasteiger partial charge >= 0.3 is 0 Å². The molecule has 1 heterocycles. The Morgan fingerprint density at radius 2 is 2.08 bits per heavy atom. The van der Waals surface area contributed by atoms with Crippen molar-refractivity contribution in [2.24, 2.45) is 5.92 Å². The average Bonchev–Trinajstić information content (AvgIpc) is 2.53. The van der Waals surface area contributed by atoms with E-state index in [4.69, 9.17) is 0 Å². The molecule has 1 aliphatic carbocycles. The van der Waals surface area contributed by atoms with E-state index in [1.807, 2.05) is 13.0 Å². The number of aryl methyl sites for hydroxylation is 1. The van der Waals surface area contributed by atoms with Gasteiger partial charge in [0.25, 0.3) is 0 Å². The Balaban J connectivity index is 0.00000208. The van der Waals surface area contributed by atoms with Crippen molar-refractivity contribution >= 4 is 29.1 Å². The highest BCUT2D eigenvalue weighted by molar-refractivity contribution is 6.11. The summed E-state index contributed by atoms with van der Waals surface area (Å²) in [7, 11) is 0. The summed E-state index contributed by atoms with van der Waals surface area (Å²) in [6.45, 7) is 5.90. The Hall–Kier alpha value is -1.65. The highest BCUT2D eigenvalue weighted by Crippen LogP contribution is 2.32. The standard InChI is InChI=1S/C19H24N2O2.ClH/c1-3-4-9-20-11-13-5-6-14-12(2)10-16-15(18(14)19(13)23)7-8-17(22)21-16;/h7-8,10,13,20H,3-6,9,11H2,1-2H3,(H,21,22);1H. The molecular weight excluding hydrogens is 324 g/mol. The number of aromatic amines is 1. The number of Topliss-reactive ketones (excluding diaryl/α,β-unsaturated/α-hetero) is 1. The number of fused-ring (bicyclic) bond motifs is 3. The molecule has 24 heavy (non-hydrogen) atoms. The molecule has 0 radical (unpaired) electrons. The van der Waals surface area contributed by atoms with Crippen LogP contribution in [0, 0.1) is 12.8 Å². The highest BCUT2D eigenvalue weighted by atomic mass is 35.5. The number of carbonyl (C=O) groups excluding carboxylic acids is 1. The fourth-order valence-corrected chi connectivity index (χ4v) is 3.52. The van der Waals surface area contributed by atoms with Gasteiger partial charge in [0.1, 0.15) is 0 Å². The average molecular weight is 349 g/mol. The number of halogens is 1. The minimum absolute atomic E-state index is 0. The number of aromatic nitrogens is 1. The number of unbranched alkanes of at least 4 members (excludes halogenated alkanes) is 1. The summed E-state index contributed by atoms with van der Waals surface area (Å²) in [6.07, 6.45) is 4.13. The molecule has 2 aromatic rings. The third-order valence-corrected chi connectivity index (χ3v) is 4.82. The Morgan fingerprint density at radius 3 is 2.83 bits per heavy atom. The Morgan fingerprint density at radius 1 is 1.29 bits per heavy atom. The second-order valence-electron chi connectivity index (χ2n) is 6.49. The highest BCUT2D eigenvalue weighted by Gasteiger charge is 2.29. The number of rotatable bonds is 5. The minimum Gasteiger partial charge on any atom is -0.322 e. The third-order valence-electron chi connectivity index (χ3n) is 4.82. The van der Waals surface area contributed by atoms with Crippen LogP contribution in [0.3, 0.4) is 0 Å². The maximum Gasteiger partial charge on any atom is 0.248 e. The van der Waals surface area contributed by atoms with Crippen LogP contribution in [0.2, 0.25) is 0 Å². The van der Waals surface area contributed by atoms with Crippen molar-refractivity contribution in [2.45, 2.75) is 39.5 Å². The van der Waals surface area contributed by atoms with Crippen molar-refractivity contribution in [1.29, 1.82) is 0 Å². The Kier molecular flexibility index (Phi) is 6.19. The lowest BCUT2D eigenvalue weighted by atomic mass is 9.79. The molecule has 4 nitrogen and oxygen atoms in total. The molecule has 0 fully saturated rings. The van der Waals surface area contributed by atoms with E-state index in [0.717, 1.165) is 66.4 Å². The van der Waals surface area contributed by atoms with Crippen molar-refractivity contribution < 1.29 is 4.79 Å². The lowest BCUT2D eigenvalue weighted by molar-refractivity contribution is 0.0902. The van der Waals surface area contributed by atoms with Crippen LogP contribution < -0.4 is 10.9 Å². The largest absolute Gasteiger partial charge is 0.322 e. The second-order valence-corrected chi connectivity index (χ2v) is 6.49. The summed E-state index contributed by atoms with van der Waals surface area (Å²) in [4.78, 5) is 27.4. The van der Waals surface area contributed by atoms with E-state index >= 15 is 0 Å². The predicted molar refractivity (Wildman–Crippen MR) is 100 cm³/mol. The van der Waals surface area contributed by atoms with Gasteiger partial charge < -0.3 is 10.3 Å². The van der Waals surface area contributed by atoms with Crippen molar-refractivity contribution in [1.82, 2.24) is 10.3 Å². The van der Waals surface area contributed by atoms with Crippen molar-refractivity contribution in [2.75, 3.05) is 13.1 Å². The van der Waals surface area contributed by atoms with Gasteiger partial charge in [-0.25, -0.2) is 0 Å². The molecule has 1 unspecified atom stereocenters. The van der Waals surface area contributed by atoms with Gasteiger partial charge in [-0.2, -0.15) is 0 Å². The molecule has 5 heteroatoms. The number of nitrogens with one attached hydrogen (secondary N) is 2. The molecule has 0 spiro atoms. The van der Waals surface area contributed by atoms with Gasteiger partial charge in [0.15, 0.2) is 5.78 Å². The van der Waals surface area contributed by atoms with Crippen LogP contribution in [-0.2, 0) is 6.42 Å². The first-order valence-electron chi connectivity index (χ1n) is 8.52. The number of ketones is 1. The zero-order valence-corrected chi connectivity index (χ0v) is 15.1. The molecule has 3 rings (SSSR count). The molecule has 0 saturated carbocycles. The summed E-state index contributed by atoms with van der Waals surface area (Å²) in [5.74, 6) is 0.257. The third kappa shape index (κ3) is 3.55. The van der Waals surface area contributed by atoms with Crippen LogP contribution in [0.15, 0.2) is 23.0 Å². The van der Waals surface area contributed by atoms with E-state index in [1.54, 1.807) is 6.07 Å². The van der Waals surface area contributed by atoms with E-state index in [1.165, 1.54) is 6.07 Å². The number of hydrogen-bond donors (Lipinski definition) is 2. The molecule has 1 atom stereocenters. The summed E-state index contributed by atoms with van der Waals surface area (Å²) in [6, 6.07) is 5.29. The summed E-state index contributed by atoms with van der Waals surface area (Å²) in [5.41, 5.74) is 3.71. The maximum absolute atomic E-state index is 13.0. The number of pyridine rings is 1. The number of hydrogen-bond acceptors (Lipinski definition) is 3. The van der Waals surface area contributed by atoms with Crippen LogP contribution in [-0.4, -0.2) is 23.9 Å². The van der Waals surface area contributed by atoms with Crippen molar-refractivity contribution in [3.05, 3.63) is 45.2 Å². The van der Waals surface area contributed by atoms with E-state index in [2.05, 4.69) is 17.2 Å². The van der Waals surface area contributed by atoms with Crippen LogP contribution in [0.1, 0.15) is 47.7 Å². The fourth-order valence-electron chi connectivity index (χ4n) is 3.52. The number of carbonyl (C=O) groups is 1. The van der Waals surface area contributed by atoms with Crippen molar-refractivity contribution in [3.63, 3.8) is 0 Å². The molecule has 0 aliphatic heterocycles. The minimum atomic E-state index is -0.127. The van der Waals surface area contributed by atoms with Crippen LogP contribution in [0.4, 0.5) is 0 Å². The first-order valence-corrected chi connectivity index (χ1v) is 8.52. The Bertz CT molecular complexity index is 798.